The van der Waals surface area contributed by atoms with E-state index in [9.17, 15) is 4.79 Å². The Morgan fingerprint density at radius 1 is 1.22 bits per heavy atom. The molecule has 1 aliphatic heterocycles. The summed E-state index contributed by atoms with van der Waals surface area (Å²) in [5, 5.41) is 13.9. The second-order valence-corrected chi connectivity index (χ2v) is 7.67. The Morgan fingerprint density at radius 3 is 2.85 bits per heavy atom. The summed E-state index contributed by atoms with van der Waals surface area (Å²) in [6.45, 7) is 7.27. The topological polar surface area (TPSA) is 77.2 Å². The van der Waals surface area contributed by atoms with Crippen molar-refractivity contribution in [1.82, 2.24) is 20.1 Å². The van der Waals surface area contributed by atoms with Crippen molar-refractivity contribution in [1.29, 1.82) is 0 Å². The molecule has 0 bridgehead atoms. The lowest BCUT2D eigenvalue weighted by Gasteiger charge is -2.33. The molecule has 3 aromatic rings. The number of benzene rings is 1. The number of rotatable bonds is 6. The largest absolute Gasteiger partial charge is 0.361 e. The summed E-state index contributed by atoms with van der Waals surface area (Å²) >= 11 is 1.45. The molecule has 3 heterocycles. The van der Waals surface area contributed by atoms with Crippen molar-refractivity contribution in [2.24, 2.45) is 0 Å². The molecule has 0 atom stereocenters. The molecule has 0 spiro atoms. The van der Waals surface area contributed by atoms with E-state index in [1.54, 1.807) is 0 Å². The first kappa shape index (κ1) is 17.9. The number of nitrogens with zero attached hydrogens (tertiary/aromatic N) is 4. The average molecular weight is 385 g/mol. The fraction of sp³-hybridized carbons (Fsp3) is 0.421. The van der Waals surface area contributed by atoms with E-state index in [2.05, 4.69) is 43.3 Å². The number of piperazine rings is 1. The number of hydrogen-bond acceptors (Lipinski definition) is 6. The molecule has 1 fully saturated rings. The lowest BCUT2D eigenvalue weighted by atomic mass is 10.1. The van der Waals surface area contributed by atoms with Gasteiger partial charge in [0, 0.05) is 49.7 Å². The molecule has 8 heteroatoms. The van der Waals surface area contributed by atoms with Crippen LogP contribution in [-0.4, -0.2) is 58.7 Å². The highest BCUT2D eigenvalue weighted by Crippen LogP contribution is 2.25. The van der Waals surface area contributed by atoms with Crippen LogP contribution in [0.5, 0.6) is 0 Å². The van der Waals surface area contributed by atoms with Crippen molar-refractivity contribution in [2.45, 2.75) is 19.8 Å². The Morgan fingerprint density at radius 2 is 2.04 bits per heavy atom. The van der Waals surface area contributed by atoms with Gasteiger partial charge in [-0.1, -0.05) is 36.5 Å². The quantitative estimate of drug-likeness (QED) is 0.683. The predicted octanol–water partition coefficient (Wildman–Crippen LogP) is 2.73. The minimum Gasteiger partial charge on any atom is -0.361 e. The SMILES string of the molecule is CCN1CCN(c2nnc(NC(=O)CCc3c[nH]c4ccccc34)s2)CC1. The van der Waals surface area contributed by atoms with Gasteiger partial charge in [-0.05, 0) is 24.6 Å². The third kappa shape index (κ3) is 4.12. The van der Waals surface area contributed by atoms with Crippen LogP contribution in [0.15, 0.2) is 30.5 Å². The standard InChI is InChI=1S/C19H24N6OS/c1-2-24-9-11-25(12-10-24)19-23-22-18(27-19)21-17(26)8-7-14-13-20-16-6-4-3-5-15(14)16/h3-6,13,20H,2,7-12H2,1H3,(H,21,22,26). The average Bonchev–Trinajstić information content (AvgIpc) is 3.33. The minimum absolute atomic E-state index is 0.0289. The summed E-state index contributed by atoms with van der Waals surface area (Å²) in [4.78, 5) is 20.2. The highest BCUT2D eigenvalue weighted by molar-refractivity contribution is 7.19. The highest BCUT2D eigenvalue weighted by Gasteiger charge is 2.19. The second-order valence-electron chi connectivity index (χ2n) is 6.72. The van der Waals surface area contributed by atoms with Crippen molar-refractivity contribution in [3.05, 3.63) is 36.0 Å². The van der Waals surface area contributed by atoms with Gasteiger partial charge in [-0.15, -0.1) is 10.2 Å². The highest BCUT2D eigenvalue weighted by atomic mass is 32.1. The van der Waals surface area contributed by atoms with E-state index < -0.39 is 0 Å². The second kappa shape index (κ2) is 8.06. The molecule has 0 radical (unpaired) electrons. The van der Waals surface area contributed by atoms with Gasteiger partial charge in [0.05, 0.1) is 0 Å². The molecule has 2 aromatic heterocycles. The summed E-state index contributed by atoms with van der Waals surface area (Å²) in [6, 6.07) is 8.14. The Balaban J connectivity index is 1.30. The van der Waals surface area contributed by atoms with Gasteiger partial charge < -0.3 is 20.1 Å². The maximum Gasteiger partial charge on any atom is 0.226 e. The molecular formula is C19H24N6OS. The summed E-state index contributed by atoms with van der Waals surface area (Å²) in [6.07, 6.45) is 3.10. The Labute approximate surface area is 162 Å². The fourth-order valence-corrected chi connectivity index (χ4v) is 4.23. The van der Waals surface area contributed by atoms with Crippen LogP contribution in [0.4, 0.5) is 10.3 Å². The Hall–Kier alpha value is -2.45. The lowest BCUT2D eigenvalue weighted by molar-refractivity contribution is -0.116. The van der Waals surface area contributed by atoms with Crippen molar-refractivity contribution in [3.63, 3.8) is 0 Å². The molecule has 7 nitrogen and oxygen atoms in total. The van der Waals surface area contributed by atoms with Crippen LogP contribution < -0.4 is 10.2 Å². The molecule has 1 saturated heterocycles. The van der Waals surface area contributed by atoms with Crippen LogP contribution >= 0.6 is 11.3 Å². The number of hydrogen-bond donors (Lipinski definition) is 2. The molecule has 0 saturated carbocycles. The molecule has 142 valence electrons. The molecule has 4 rings (SSSR count). The Kier molecular flexibility index (Phi) is 5.35. The molecular weight excluding hydrogens is 360 g/mol. The number of aryl methyl sites for hydroxylation is 1. The van der Waals surface area contributed by atoms with Gasteiger partial charge in [0.2, 0.25) is 16.2 Å². The summed E-state index contributed by atoms with van der Waals surface area (Å²) in [7, 11) is 0. The van der Waals surface area contributed by atoms with Gasteiger partial charge in [0.1, 0.15) is 0 Å². The summed E-state index contributed by atoms with van der Waals surface area (Å²) in [5.74, 6) is -0.0289. The maximum absolute atomic E-state index is 12.3. The number of carbonyl (C=O) groups excluding carboxylic acids is 1. The van der Waals surface area contributed by atoms with Gasteiger partial charge >= 0.3 is 0 Å². The third-order valence-electron chi connectivity index (χ3n) is 5.05. The van der Waals surface area contributed by atoms with E-state index >= 15 is 0 Å². The van der Waals surface area contributed by atoms with Crippen LogP contribution in [-0.2, 0) is 11.2 Å². The van der Waals surface area contributed by atoms with Crippen LogP contribution in [0.2, 0.25) is 0 Å². The zero-order chi connectivity index (χ0) is 18.6. The van der Waals surface area contributed by atoms with E-state index in [0.717, 1.165) is 48.9 Å². The number of H-pyrrole nitrogens is 1. The normalized spacial score (nSPS) is 15.4. The number of aromatic amines is 1. The first-order valence-corrected chi connectivity index (χ1v) is 10.2. The summed E-state index contributed by atoms with van der Waals surface area (Å²) in [5.41, 5.74) is 2.26. The number of carbonyl (C=O) groups is 1. The van der Waals surface area contributed by atoms with Crippen LogP contribution in [0.1, 0.15) is 18.9 Å². The zero-order valence-corrected chi connectivity index (χ0v) is 16.3. The van der Waals surface area contributed by atoms with E-state index in [4.69, 9.17) is 0 Å². The molecule has 2 N–H and O–H groups in total. The number of aromatic nitrogens is 3. The first-order chi connectivity index (χ1) is 13.2. The maximum atomic E-state index is 12.3. The molecule has 0 aliphatic carbocycles. The van der Waals surface area contributed by atoms with E-state index in [0.29, 0.717) is 18.0 Å². The number of nitrogens with one attached hydrogen (secondary N) is 2. The summed E-state index contributed by atoms with van der Waals surface area (Å²) < 4.78 is 0. The van der Waals surface area contributed by atoms with E-state index in [1.165, 1.54) is 16.7 Å². The number of anilines is 2. The number of likely N-dealkylation sites (N-methyl/N-ethyl adjacent to an activating group) is 1. The molecule has 0 unspecified atom stereocenters. The molecule has 27 heavy (non-hydrogen) atoms. The fourth-order valence-electron chi connectivity index (χ4n) is 3.42. The lowest BCUT2D eigenvalue weighted by Crippen LogP contribution is -2.46. The number of fused-ring (bicyclic) bond motifs is 1. The number of para-hydroxylation sites is 1. The van der Waals surface area contributed by atoms with Gasteiger partial charge in [0.15, 0.2) is 0 Å². The van der Waals surface area contributed by atoms with Crippen LogP contribution in [0, 0.1) is 0 Å². The van der Waals surface area contributed by atoms with Crippen LogP contribution in [0.3, 0.4) is 0 Å². The van der Waals surface area contributed by atoms with Crippen molar-refractivity contribution in [3.8, 4) is 0 Å². The Bertz CT molecular complexity index is 912. The smallest absolute Gasteiger partial charge is 0.226 e. The first-order valence-electron chi connectivity index (χ1n) is 9.38. The minimum atomic E-state index is -0.0289. The third-order valence-corrected chi connectivity index (χ3v) is 5.95. The van der Waals surface area contributed by atoms with E-state index in [1.807, 2.05) is 24.4 Å². The van der Waals surface area contributed by atoms with Gasteiger partial charge in [0.25, 0.3) is 0 Å². The predicted molar refractivity (Wildman–Crippen MR) is 109 cm³/mol. The molecule has 1 aliphatic rings. The van der Waals surface area contributed by atoms with Gasteiger partial charge in [-0.25, -0.2) is 0 Å². The van der Waals surface area contributed by atoms with Gasteiger partial charge in [-0.3, -0.25) is 4.79 Å². The zero-order valence-electron chi connectivity index (χ0n) is 15.4. The molecule has 1 aromatic carbocycles. The number of amides is 1. The van der Waals surface area contributed by atoms with E-state index in [-0.39, 0.29) is 5.91 Å². The van der Waals surface area contributed by atoms with Crippen molar-refractivity contribution < 1.29 is 4.79 Å². The van der Waals surface area contributed by atoms with Gasteiger partial charge in [-0.2, -0.15) is 0 Å². The van der Waals surface area contributed by atoms with Crippen LogP contribution in [0.25, 0.3) is 10.9 Å². The van der Waals surface area contributed by atoms with Crippen molar-refractivity contribution in [2.75, 3.05) is 42.9 Å². The molecule has 1 amide bonds. The monoisotopic (exact) mass is 384 g/mol. The van der Waals surface area contributed by atoms with Crippen molar-refractivity contribution >= 4 is 38.4 Å².